The first-order chi connectivity index (χ1) is 11.5. The molecule has 0 spiro atoms. The van der Waals surface area contributed by atoms with E-state index in [0.29, 0.717) is 23.2 Å². The Kier molecular flexibility index (Phi) is 13.3. The Bertz CT molecular complexity index is 580. The van der Waals surface area contributed by atoms with Crippen LogP contribution in [0.15, 0.2) is 85.6 Å². The topological polar surface area (TPSA) is 34.1 Å². The SMILES string of the molecule is C=C/C=C\C=C/C(=C)C(=O)SCCC[B]C(=O)C(=C)/C=C\C=C/C. The van der Waals surface area contributed by atoms with E-state index in [1.54, 1.807) is 49.8 Å². The van der Waals surface area contributed by atoms with Gasteiger partial charge in [0.15, 0.2) is 0 Å². The second-order valence-electron chi connectivity index (χ2n) is 4.76. The minimum absolute atomic E-state index is 0.0525. The van der Waals surface area contributed by atoms with Crippen molar-refractivity contribution < 1.29 is 9.59 Å². The van der Waals surface area contributed by atoms with Crippen LogP contribution < -0.4 is 0 Å². The average Bonchev–Trinajstić information content (AvgIpc) is 2.57. The molecule has 0 aromatic carbocycles. The van der Waals surface area contributed by atoms with Crippen LogP contribution in [0.4, 0.5) is 0 Å². The molecule has 0 atom stereocenters. The van der Waals surface area contributed by atoms with Crippen molar-refractivity contribution in [3.8, 4) is 0 Å². The molecule has 0 aromatic rings. The molecular weight excluding hydrogens is 315 g/mol. The molecule has 0 aliphatic carbocycles. The van der Waals surface area contributed by atoms with Crippen molar-refractivity contribution in [3.63, 3.8) is 0 Å². The highest BCUT2D eigenvalue weighted by Gasteiger charge is 2.07. The summed E-state index contributed by atoms with van der Waals surface area (Å²) in [6.45, 7) is 12.9. The number of thioether (sulfide) groups is 1. The Morgan fingerprint density at radius 2 is 1.67 bits per heavy atom. The summed E-state index contributed by atoms with van der Waals surface area (Å²) in [6, 6.07) is 0. The van der Waals surface area contributed by atoms with E-state index in [-0.39, 0.29) is 10.8 Å². The molecule has 0 fully saturated rings. The molecule has 4 heteroatoms. The number of hydrogen-bond acceptors (Lipinski definition) is 3. The lowest BCUT2D eigenvalue weighted by molar-refractivity contribution is -0.109. The van der Waals surface area contributed by atoms with E-state index in [2.05, 4.69) is 19.7 Å². The summed E-state index contributed by atoms with van der Waals surface area (Å²) in [5.74, 6) is 0.652. The van der Waals surface area contributed by atoms with Gasteiger partial charge in [-0.05, 0) is 12.5 Å². The number of carbonyl (C=O) groups is 2. The normalized spacial score (nSPS) is 11.5. The maximum Gasteiger partial charge on any atom is 0.218 e. The molecule has 0 heterocycles. The predicted molar refractivity (Wildman–Crippen MR) is 108 cm³/mol. The van der Waals surface area contributed by atoms with Crippen molar-refractivity contribution >= 4 is 29.8 Å². The summed E-state index contributed by atoms with van der Waals surface area (Å²) in [5, 5.41) is -0.0525. The molecule has 0 aliphatic rings. The van der Waals surface area contributed by atoms with Gasteiger partial charge in [0.05, 0.1) is 0 Å². The highest BCUT2D eigenvalue weighted by atomic mass is 32.2. The van der Waals surface area contributed by atoms with Crippen LogP contribution >= 0.6 is 11.8 Å². The Morgan fingerprint density at radius 1 is 1.00 bits per heavy atom. The predicted octanol–water partition coefficient (Wildman–Crippen LogP) is 4.83. The van der Waals surface area contributed by atoms with Crippen molar-refractivity contribution in [2.75, 3.05) is 5.75 Å². The fourth-order valence-electron chi connectivity index (χ4n) is 1.45. The molecule has 0 saturated carbocycles. The van der Waals surface area contributed by atoms with Crippen LogP contribution in [-0.4, -0.2) is 23.8 Å². The van der Waals surface area contributed by atoms with Crippen molar-refractivity contribution in [1.29, 1.82) is 0 Å². The van der Waals surface area contributed by atoms with Crippen molar-refractivity contribution in [2.45, 2.75) is 19.7 Å². The molecule has 0 rings (SSSR count). The second kappa shape index (κ2) is 14.5. The smallest absolute Gasteiger partial charge is 0.218 e. The van der Waals surface area contributed by atoms with E-state index in [1.807, 2.05) is 19.1 Å². The highest BCUT2D eigenvalue weighted by Crippen LogP contribution is 2.13. The molecule has 0 bridgehead atoms. The summed E-state index contributed by atoms with van der Waals surface area (Å²) < 4.78 is 0. The lowest BCUT2D eigenvalue weighted by Crippen LogP contribution is -2.10. The third-order valence-electron chi connectivity index (χ3n) is 2.75. The molecule has 1 radical (unpaired) electrons. The third kappa shape index (κ3) is 11.5. The first-order valence-electron chi connectivity index (χ1n) is 7.70. The molecule has 0 saturated heterocycles. The molecule has 0 unspecified atom stereocenters. The highest BCUT2D eigenvalue weighted by molar-refractivity contribution is 8.14. The van der Waals surface area contributed by atoms with E-state index < -0.39 is 0 Å². The van der Waals surface area contributed by atoms with Gasteiger partial charge in [-0.25, -0.2) is 0 Å². The van der Waals surface area contributed by atoms with Gasteiger partial charge in [0.2, 0.25) is 12.4 Å². The summed E-state index contributed by atoms with van der Waals surface area (Å²) in [7, 11) is 1.61. The number of hydrogen-bond donors (Lipinski definition) is 0. The van der Waals surface area contributed by atoms with Gasteiger partial charge in [0.1, 0.15) is 5.68 Å². The molecule has 24 heavy (non-hydrogen) atoms. The van der Waals surface area contributed by atoms with Gasteiger partial charge in [-0.2, -0.15) is 0 Å². The third-order valence-corrected chi connectivity index (χ3v) is 3.76. The number of rotatable bonds is 12. The maximum absolute atomic E-state index is 11.8. The van der Waals surface area contributed by atoms with E-state index in [9.17, 15) is 9.59 Å². The summed E-state index contributed by atoms with van der Waals surface area (Å²) in [4.78, 5) is 23.6. The Labute approximate surface area is 150 Å². The van der Waals surface area contributed by atoms with Gasteiger partial charge in [-0.1, -0.05) is 98.9 Å². The zero-order chi connectivity index (χ0) is 18.2. The first kappa shape index (κ1) is 21.9. The average molecular weight is 339 g/mol. The van der Waals surface area contributed by atoms with E-state index in [1.165, 1.54) is 11.8 Å². The zero-order valence-electron chi connectivity index (χ0n) is 14.2. The van der Waals surface area contributed by atoms with Crippen LogP contribution in [0.2, 0.25) is 6.32 Å². The van der Waals surface area contributed by atoms with Crippen LogP contribution in [0.25, 0.3) is 0 Å². The largest absolute Gasteiger partial charge is 0.307 e. The summed E-state index contributed by atoms with van der Waals surface area (Å²) in [5.41, 5.74) is 0.840. The quantitative estimate of drug-likeness (QED) is 0.221. The van der Waals surface area contributed by atoms with Crippen molar-refractivity contribution in [3.05, 3.63) is 85.6 Å². The van der Waals surface area contributed by atoms with Crippen LogP contribution in [0.3, 0.4) is 0 Å². The van der Waals surface area contributed by atoms with Gasteiger partial charge in [0, 0.05) is 11.3 Å². The van der Waals surface area contributed by atoms with Gasteiger partial charge in [-0.3, -0.25) is 4.79 Å². The van der Waals surface area contributed by atoms with Gasteiger partial charge in [0.25, 0.3) is 0 Å². The van der Waals surface area contributed by atoms with Crippen molar-refractivity contribution in [2.24, 2.45) is 0 Å². The second-order valence-corrected chi connectivity index (χ2v) is 5.83. The molecule has 0 aromatic heterocycles. The minimum Gasteiger partial charge on any atom is -0.307 e. The fourth-order valence-corrected chi connectivity index (χ4v) is 2.20. The lowest BCUT2D eigenvalue weighted by atomic mass is 9.66. The van der Waals surface area contributed by atoms with Crippen LogP contribution in [0.1, 0.15) is 13.3 Å². The van der Waals surface area contributed by atoms with Crippen LogP contribution in [-0.2, 0) is 9.59 Å². The Morgan fingerprint density at radius 3 is 2.33 bits per heavy atom. The summed E-state index contributed by atoms with van der Waals surface area (Å²) >= 11 is 1.21. The number of allylic oxidation sites excluding steroid dienone is 10. The molecule has 125 valence electrons. The van der Waals surface area contributed by atoms with Gasteiger partial charge < -0.3 is 4.79 Å². The van der Waals surface area contributed by atoms with Gasteiger partial charge >= 0.3 is 0 Å². The molecule has 2 nitrogen and oxygen atoms in total. The van der Waals surface area contributed by atoms with Crippen LogP contribution in [0.5, 0.6) is 0 Å². The number of carbonyl (C=O) groups excluding carboxylic acids is 2. The summed E-state index contributed by atoms with van der Waals surface area (Å²) in [6.07, 6.45) is 17.2. The van der Waals surface area contributed by atoms with Gasteiger partial charge in [-0.15, -0.1) is 0 Å². The van der Waals surface area contributed by atoms with E-state index >= 15 is 0 Å². The van der Waals surface area contributed by atoms with Crippen LogP contribution in [0, 0.1) is 0 Å². The zero-order valence-corrected chi connectivity index (χ0v) is 15.1. The standard InChI is InChI=1S/C20H24BO2S/c1-5-7-9-11-14-18(4)20(23)24-16-12-15-21-19(22)17(3)13-10-8-6-2/h5-11,13-14H,1,3-4,12,15-16H2,2H3/b8-6-,9-7-,13-10-,14-11-. The Balaban J connectivity index is 3.95. The van der Waals surface area contributed by atoms with E-state index in [4.69, 9.17) is 0 Å². The molecule has 0 amide bonds. The lowest BCUT2D eigenvalue weighted by Gasteiger charge is -2.01. The fraction of sp³-hybridized carbons (Fsp3) is 0.200. The van der Waals surface area contributed by atoms with E-state index in [0.717, 1.165) is 6.42 Å². The molecular formula is C20H24BO2S. The minimum atomic E-state index is -0.0755. The maximum atomic E-state index is 11.8. The van der Waals surface area contributed by atoms with Crippen molar-refractivity contribution in [1.82, 2.24) is 0 Å². The Hall–Kier alpha value is -2.07. The molecule has 0 N–H and O–H groups in total. The monoisotopic (exact) mass is 339 g/mol. The molecule has 0 aliphatic heterocycles. The first-order valence-corrected chi connectivity index (χ1v) is 8.69.